The summed E-state index contributed by atoms with van der Waals surface area (Å²) in [6.07, 6.45) is 6.90. The molecule has 0 bridgehead atoms. The Morgan fingerprint density at radius 3 is 3.31 bits per heavy atom. The first-order chi connectivity index (χ1) is 6.29. The Balaban J connectivity index is 2.10. The van der Waals surface area contributed by atoms with Crippen molar-refractivity contribution in [3.8, 4) is 0 Å². The summed E-state index contributed by atoms with van der Waals surface area (Å²) < 4.78 is 1.93. The summed E-state index contributed by atoms with van der Waals surface area (Å²) in [5.41, 5.74) is 8.30. The summed E-state index contributed by atoms with van der Waals surface area (Å²) in [7, 11) is 2.00. The van der Waals surface area contributed by atoms with E-state index < -0.39 is 0 Å². The molecule has 0 aromatic carbocycles. The van der Waals surface area contributed by atoms with Gasteiger partial charge in [-0.3, -0.25) is 4.68 Å². The van der Waals surface area contributed by atoms with Gasteiger partial charge in [-0.2, -0.15) is 5.10 Å². The van der Waals surface area contributed by atoms with Crippen LogP contribution in [0.5, 0.6) is 0 Å². The van der Waals surface area contributed by atoms with E-state index in [4.69, 9.17) is 5.73 Å². The Kier molecular flexibility index (Phi) is 2.36. The average Bonchev–Trinajstić information content (AvgIpc) is 2.44. The van der Waals surface area contributed by atoms with E-state index in [1.54, 1.807) is 0 Å². The highest BCUT2D eigenvalue weighted by Gasteiger charge is 2.20. The first-order valence-corrected chi connectivity index (χ1v) is 5.01. The molecule has 72 valence electrons. The molecular weight excluding hydrogens is 162 g/mol. The number of aromatic nitrogens is 2. The summed E-state index contributed by atoms with van der Waals surface area (Å²) in [4.78, 5) is 0. The zero-order valence-electron chi connectivity index (χ0n) is 8.16. The van der Waals surface area contributed by atoms with E-state index >= 15 is 0 Å². The zero-order chi connectivity index (χ0) is 9.26. The predicted molar refractivity (Wildman–Crippen MR) is 52.4 cm³/mol. The molecule has 1 aliphatic rings. The molecule has 0 spiro atoms. The molecule has 0 saturated heterocycles. The largest absolute Gasteiger partial charge is 0.330 e. The fraction of sp³-hybridized carbons (Fsp3) is 0.700. The molecule has 0 fully saturated rings. The van der Waals surface area contributed by atoms with E-state index in [0.29, 0.717) is 0 Å². The van der Waals surface area contributed by atoms with Gasteiger partial charge >= 0.3 is 0 Å². The second kappa shape index (κ2) is 3.50. The Morgan fingerprint density at radius 1 is 1.69 bits per heavy atom. The van der Waals surface area contributed by atoms with E-state index in [2.05, 4.69) is 11.3 Å². The first kappa shape index (κ1) is 8.75. The maximum atomic E-state index is 5.56. The highest BCUT2D eigenvalue weighted by Crippen LogP contribution is 2.25. The Hall–Kier alpha value is -0.830. The molecular formula is C10H17N3. The fourth-order valence-corrected chi connectivity index (χ4v) is 2.20. The standard InChI is InChI=1S/C10H17N3/c1-13-7-9-6-8(4-5-11)2-3-10(9)12-13/h7-8H,2-6,11H2,1H3. The molecule has 1 unspecified atom stereocenters. The van der Waals surface area contributed by atoms with Gasteiger partial charge in [0.15, 0.2) is 0 Å². The van der Waals surface area contributed by atoms with Gasteiger partial charge in [0.1, 0.15) is 0 Å². The minimum Gasteiger partial charge on any atom is -0.330 e. The van der Waals surface area contributed by atoms with Crippen molar-refractivity contribution in [1.82, 2.24) is 9.78 Å². The Morgan fingerprint density at radius 2 is 2.54 bits per heavy atom. The van der Waals surface area contributed by atoms with Gasteiger partial charge in [0.2, 0.25) is 0 Å². The van der Waals surface area contributed by atoms with Crippen molar-refractivity contribution in [2.75, 3.05) is 6.54 Å². The molecule has 13 heavy (non-hydrogen) atoms. The minimum absolute atomic E-state index is 0.793. The highest BCUT2D eigenvalue weighted by molar-refractivity contribution is 5.20. The number of aryl methyl sites for hydroxylation is 2. The minimum atomic E-state index is 0.793. The molecule has 1 aromatic heterocycles. The number of hydrogen-bond donors (Lipinski definition) is 1. The van der Waals surface area contributed by atoms with Crippen LogP contribution >= 0.6 is 0 Å². The van der Waals surface area contributed by atoms with Gasteiger partial charge in [-0.25, -0.2) is 0 Å². The monoisotopic (exact) mass is 179 g/mol. The normalized spacial score (nSPS) is 21.5. The number of fused-ring (bicyclic) bond motifs is 1. The first-order valence-electron chi connectivity index (χ1n) is 5.01. The second-order valence-corrected chi connectivity index (χ2v) is 3.96. The molecule has 2 N–H and O–H groups in total. The van der Waals surface area contributed by atoms with Crippen molar-refractivity contribution in [2.24, 2.45) is 18.7 Å². The van der Waals surface area contributed by atoms with Gasteiger partial charge in [-0.1, -0.05) is 0 Å². The topological polar surface area (TPSA) is 43.8 Å². The average molecular weight is 179 g/mol. The van der Waals surface area contributed by atoms with Gasteiger partial charge in [0.05, 0.1) is 5.69 Å². The van der Waals surface area contributed by atoms with Crippen LogP contribution < -0.4 is 5.73 Å². The lowest BCUT2D eigenvalue weighted by atomic mass is 9.86. The maximum Gasteiger partial charge on any atom is 0.0656 e. The molecule has 1 heterocycles. The van der Waals surface area contributed by atoms with Crippen LogP contribution in [0.15, 0.2) is 6.20 Å². The van der Waals surface area contributed by atoms with Crippen molar-refractivity contribution < 1.29 is 0 Å². The summed E-state index contributed by atoms with van der Waals surface area (Å²) in [6.45, 7) is 0.820. The van der Waals surface area contributed by atoms with E-state index in [1.165, 1.54) is 24.1 Å². The lowest BCUT2D eigenvalue weighted by molar-refractivity contribution is 0.430. The molecule has 3 heteroatoms. The zero-order valence-corrected chi connectivity index (χ0v) is 8.16. The van der Waals surface area contributed by atoms with Gasteiger partial charge in [-0.05, 0) is 43.7 Å². The fourth-order valence-electron chi connectivity index (χ4n) is 2.20. The highest BCUT2D eigenvalue weighted by atomic mass is 15.2. The van der Waals surface area contributed by atoms with Crippen LogP contribution in [0, 0.1) is 5.92 Å². The number of nitrogens with zero attached hydrogens (tertiary/aromatic N) is 2. The summed E-state index contributed by atoms with van der Waals surface area (Å²) in [5, 5.41) is 4.43. The third-order valence-corrected chi connectivity index (χ3v) is 2.86. The second-order valence-electron chi connectivity index (χ2n) is 3.96. The van der Waals surface area contributed by atoms with Gasteiger partial charge < -0.3 is 5.73 Å². The van der Waals surface area contributed by atoms with Crippen molar-refractivity contribution in [3.63, 3.8) is 0 Å². The van der Waals surface area contributed by atoms with E-state index in [0.717, 1.165) is 25.3 Å². The lowest BCUT2D eigenvalue weighted by Gasteiger charge is -2.20. The van der Waals surface area contributed by atoms with Crippen molar-refractivity contribution >= 4 is 0 Å². The summed E-state index contributed by atoms with van der Waals surface area (Å²) in [5.74, 6) is 0.793. The lowest BCUT2D eigenvalue weighted by Crippen LogP contribution is -2.16. The Labute approximate surface area is 78.9 Å². The molecule has 2 rings (SSSR count). The third kappa shape index (κ3) is 1.75. The summed E-state index contributed by atoms with van der Waals surface area (Å²) >= 11 is 0. The van der Waals surface area contributed by atoms with Gasteiger partial charge in [0.25, 0.3) is 0 Å². The van der Waals surface area contributed by atoms with Crippen LogP contribution in [0.25, 0.3) is 0 Å². The number of hydrogen-bond acceptors (Lipinski definition) is 2. The molecule has 1 atom stereocenters. The van der Waals surface area contributed by atoms with Crippen LogP contribution in [0.3, 0.4) is 0 Å². The predicted octanol–water partition coefficient (Wildman–Crippen LogP) is 0.874. The van der Waals surface area contributed by atoms with Gasteiger partial charge in [0, 0.05) is 13.2 Å². The van der Waals surface area contributed by atoms with Crippen LogP contribution in [0.2, 0.25) is 0 Å². The molecule has 0 radical (unpaired) electrons. The van der Waals surface area contributed by atoms with Crippen LogP contribution in [0.4, 0.5) is 0 Å². The van der Waals surface area contributed by atoms with Crippen molar-refractivity contribution in [1.29, 1.82) is 0 Å². The van der Waals surface area contributed by atoms with Gasteiger partial charge in [-0.15, -0.1) is 0 Å². The third-order valence-electron chi connectivity index (χ3n) is 2.86. The number of nitrogens with two attached hydrogens (primary N) is 1. The van der Waals surface area contributed by atoms with Crippen LogP contribution in [-0.2, 0) is 19.9 Å². The quantitative estimate of drug-likeness (QED) is 0.732. The van der Waals surface area contributed by atoms with E-state index in [1.807, 2.05) is 11.7 Å². The van der Waals surface area contributed by atoms with Crippen molar-refractivity contribution in [2.45, 2.75) is 25.7 Å². The summed E-state index contributed by atoms with van der Waals surface area (Å²) in [6, 6.07) is 0. The molecule has 1 aliphatic carbocycles. The molecule has 3 nitrogen and oxygen atoms in total. The van der Waals surface area contributed by atoms with Crippen LogP contribution in [-0.4, -0.2) is 16.3 Å². The maximum absolute atomic E-state index is 5.56. The van der Waals surface area contributed by atoms with E-state index in [9.17, 15) is 0 Å². The smallest absolute Gasteiger partial charge is 0.0656 e. The SMILES string of the molecule is Cn1cc2c(n1)CCC(CCN)C2. The Bertz CT molecular complexity index is 290. The molecule has 1 aromatic rings. The van der Waals surface area contributed by atoms with Crippen molar-refractivity contribution in [3.05, 3.63) is 17.5 Å². The van der Waals surface area contributed by atoms with Crippen LogP contribution in [0.1, 0.15) is 24.1 Å². The number of rotatable bonds is 2. The molecule has 0 saturated carbocycles. The molecule has 0 aliphatic heterocycles. The molecule has 0 amide bonds. The van der Waals surface area contributed by atoms with E-state index in [-0.39, 0.29) is 0 Å².